The quantitative estimate of drug-likeness (QED) is 0.519. The van der Waals surface area contributed by atoms with Crippen LogP contribution in [0.15, 0.2) is 0 Å². The summed E-state index contributed by atoms with van der Waals surface area (Å²) >= 11 is 0. The van der Waals surface area contributed by atoms with Crippen LogP contribution in [0.25, 0.3) is 0 Å². The minimum atomic E-state index is -1.06. The lowest BCUT2D eigenvalue weighted by molar-refractivity contribution is -0.142. The van der Waals surface area contributed by atoms with Crippen LogP contribution < -0.4 is 11.1 Å². The fourth-order valence-electron chi connectivity index (χ4n) is 1.22. The highest BCUT2D eigenvalue weighted by atomic mass is 16.5. The van der Waals surface area contributed by atoms with Crippen molar-refractivity contribution in [3.63, 3.8) is 0 Å². The maximum absolute atomic E-state index is 11.4. The third kappa shape index (κ3) is 2.43. The molecule has 6 heteroatoms. The molecule has 6 nitrogen and oxygen atoms in total. The van der Waals surface area contributed by atoms with E-state index in [1.807, 2.05) is 0 Å². The number of carbonyl (C=O) groups is 2. The first kappa shape index (κ1) is 10.9. The molecule has 0 spiro atoms. The van der Waals surface area contributed by atoms with Crippen LogP contribution in [0, 0.1) is 5.92 Å². The highest BCUT2D eigenvalue weighted by Gasteiger charge is 2.32. The number of carbonyl (C=O) groups excluding carboxylic acids is 1. The number of rotatable bonds is 3. The Labute approximate surface area is 81.4 Å². The van der Waals surface area contributed by atoms with Gasteiger partial charge in [-0.25, -0.2) is 0 Å². The van der Waals surface area contributed by atoms with E-state index in [1.165, 1.54) is 6.92 Å². The molecule has 1 fully saturated rings. The molecular weight excluding hydrogens is 188 g/mol. The van der Waals surface area contributed by atoms with E-state index in [9.17, 15) is 9.59 Å². The largest absolute Gasteiger partial charge is 0.480 e. The van der Waals surface area contributed by atoms with Gasteiger partial charge in [0.1, 0.15) is 6.04 Å². The number of aliphatic carboxylic acids is 1. The maximum Gasteiger partial charge on any atom is 0.325 e. The Bertz CT molecular complexity index is 243. The van der Waals surface area contributed by atoms with Crippen LogP contribution in [-0.4, -0.2) is 42.3 Å². The summed E-state index contributed by atoms with van der Waals surface area (Å²) in [6, 6.07) is -1.23. The van der Waals surface area contributed by atoms with Crippen LogP contribution in [0.3, 0.4) is 0 Å². The van der Waals surface area contributed by atoms with E-state index >= 15 is 0 Å². The first-order chi connectivity index (χ1) is 6.52. The van der Waals surface area contributed by atoms with Gasteiger partial charge in [0.25, 0.3) is 0 Å². The van der Waals surface area contributed by atoms with Gasteiger partial charge < -0.3 is 20.9 Å². The highest BCUT2D eigenvalue weighted by molar-refractivity contribution is 5.85. The van der Waals surface area contributed by atoms with Crippen molar-refractivity contribution in [2.45, 2.75) is 19.0 Å². The smallest absolute Gasteiger partial charge is 0.325 e. The fraction of sp³-hybridized carbons (Fsp3) is 0.750. The first-order valence-electron chi connectivity index (χ1n) is 4.39. The van der Waals surface area contributed by atoms with Crippen LogP contribution in [0.4, 0.5) is 0 Å². The van der Waals surface area contributed by atoms with Crippen molar-refractivity contribution in [2.75, 3.05) is 13.2 Å². The van der Waals surface area contributed by atoms with E-state index in [-0.39, 0.29) is 18.6 Å². The van der Waals surface area contributed by atoms with Gasteiger partial charge in [0.15, 0.2) is 0 Å². The summed E-state index contributed by atoms with van der Waals surface area (Å²) in [6.07, 6.45) is 0. The first-order valence-corrected chi connectivity index (χ1v) is 4.39. The molecular formula is C8H14N2O4. The van der Waals surface area contributed by atoms with Gasteiger partial charge in [0, 0.05) is 6.04 Å². The zero-order chi connectivity index (χ0) is 10.7. The third-order valence-electron chi connectivity index (χ3n) is 2.19. The normalized spacial score (nSPS) is 28.4. The molecule has 0 aliphatic carbocycles. The Kier molecular flexibility index (Phi) is 3.43. The van der Waals surface area contributed by atoms with Crippen molar-refractivity contribution in [3.05, 3.63) is 0 Å². The molecule has 14 heavy (non-hydrogen) atoms. The molecule has 4 N–H and O–H groups in total. The minimum Gasteiger partial charge on any atom is -0.480 e. The standard InChI is InChI=1S/C8H14N2O4/c1-4(8(12)13)10-7(11)5-2-14-3-6(5)9/h4-6H,2-3,9H2,1H3,(H,10,11)(H,12,13)/t4-,5?,6?/m0/s1. The molecule has 1 saturated heterocycles. The number of nitrogens with two attached hydrogens (primary N) is 1. The SMILES string of the molecule is C[C@H](NC(=O)C1COCC1N)C(=O)O. The summed E-state index contributed by atoms with van der Waals surface area (Å²) < 4.78 is 5.00. The van der Waals surface area contributed by atoms with Crippen LogP contribution in [0.5, 0.6) is 0 Å². The maximum atomic E-state index is 11.4. The molecule has 1 heterocycles. The van der Waals surface area contributed by atoms with E-state index in [0.29, 0.717) is 6.61 Å². The lowest BCUT2D eigenvalue weighted by Gasteiger charge is -2.15. The van der Waals surface area contributed by atoms with Gasteiger partial charge in [-0.3, -0.25) is 9.59 Å². The molecule has 0 saturated carbocycles. The van der Waals surface area contributed by atoms with Crippen molar-refractivity contribution in [1.29, 1.82) is 0 Å². The van der Waals surface area contributed by atoms with Gasteiger partial charge in [-0.1, -0.05) is 0 Å². The monoisotopic (exact) mass is 202 g/mol. The number of ether oxygens (including phenoxy) is 1. The predicted octanol–water partition coefficient (Wildman–Crippen LogP) is -1.45. The lowest BCUT2D eigenvalue weighted by Crippen LogP contribution is -2.46. The average Bonchev–Trinajstić information content (AvgIpc) is 2.51. The van der Waals surface area contributed by atoms with E-state index in [2.05, 4.69) is 5.32 Å². The van der Waals surface area contributed by atoms with Gasteiger partial charge in [0.2, 0.25) is 5.91 Å². The molecule has 80 valence electrons. The van der Waals surface area contributed by atoms with Crippen LogP contribution in [-0.2, 0) is 14.3 Å². The summed E-state index contributed by atoms with van der Waals surface area (Å²) in [7, 11) is 0. The number of nitrogens with one attached hydrogen (secondary N) is 1. The van der Waals surface area contributed by atoms with Crippen molar-refractivity contribution in [3.8, 4) is 0 Å². The van der Waals surface area contributed by atoms with Crippen LogP contribution in [0.2, 0.25) is 0 Å². The van der Waals surface area contributed by atoms with Crippen LogP contribution in [0.1, 0.15) is 6.92 Å². The second-order valence-corrected chi connectivity index (χ2v) is 3.38. The summed E-state index contributed by atoms with van der Waals surface area (Å²) in [5, 5.41) is 10.9. The second kappa shape index (κ2) is 4.39. The Morgan fingerprint density at radius 3 is 2.64 bits per heavy atom. The average molecular weight is 202 g/mol. The Morgan fingerprint density at radius 1 is 1.57 bits per heavy atom. The van der Waals surface area contributed by atoms with E-state index in [0.717, 1.165) is 0 Å². The van der Waals surface area contributed by atoms with Crippen LogP contribution >= 0.6 is 0 Å². The number of hydrogen-bond donors (Lipinski definition) is 3. The molecule has 2 unspecified atom stereocenters. The molecule has 1 rings (SSSR count). The van der Waals surface area contributed by atoms with E-state index in [1.54, 1.807) is 0 Å². The molecule has 1 aliphatic rings. The Hall–Kier alpha value is -1.14. The van der Waals surface area contributed by atoms with E-state index < -0.39 is 17.9 Å². The zero-order valence-corrected chi connectivity index (χ0v) is 7.90. The topological polar surface area (TPSA) is 102 Å². The highest BCUT2D eigenvalue weighted by Crippen LogP contribution is 2.11. The predicted molar refractivity (Wildman–Crippen MR) is 47.5 cm³/mol. The van der Waals surface area contributed by atoms with Crippen molar-refractivity contribution < 1.29 is 19.4 Å². The van der Waals surface area contributed by atoms with Gasteiger partial charge in [-0.05, 0) is 6.92 Å². The molecule has 0 aromatic rings. The second-order valence-electron chi connectivity index (χ2n) is 3.38. The molecule has 3 atom stereocenters. The Morgan fingerprint density at radius 2 is 2.21 bits per heavy atom. The summed E-state index contributed by atoms with van der Waals surface area (Å²) in [5.74, 6) is -1.85. The summed E-state index contributed by atoms with van der Waals surface area (Å²) in [5.41, 5.74) is 5.60. The summed E-state index contributed by atoms with van der Waals surface area (Å²) in [6.45, 7) is 2.01. The number of hydrogen-bond acceptors (Lipinski definition) is 4. The van der Waals surface area contributed by atoms with Gasteiger partial charge >= 0.3 is 5.97 Å². The van der Waals surface area contributed by atoms with Crippen molar-refractivity contribution >= 4 is 11.9 Å². The number of amides is 1. The Balaban J connectivity index is 2.45. The number of carboxylic acids is 1. The lowest BCUT2D eigenvalue weighted by atomic mass is 10.0. The van der Waals surface area contributed by atoms with E-state index in [4.69, 9.17) is 15.6 Å². The molecule has 1 aliphatic heterocycles. The molecule has 1 amide bonds. The van der Waals surface area contributed by atoms with Crippen molar-refractivity contribution in [2.24, 2.45) is 11.7 Å². The number of carboxylic acid groups (broad SMARTS) is 1. The van der Waals surface area contributed by atoms with Gasteiger partial charge in [-0.2, -0.15) is 0 Å². The van der Waals surface area contributed by atoms with Crippen molar-refractivity contribution in [1.82, 2.24) is 5.32 Å². The molecule has 0 radical (unpaired) electrons. The van der Waals surface area contributed by atoms with Gasteiger partial charge in [0.05, 0.1) is 19.1 Å². The molecule has 0 aromatic heterocycles. The molecule has 0 aromatic carbocycles. The zero-order valence-electron chi connectivity index (χ0n) is 7.90. The minimum absolute atomic E-state index is 0.263. The fourth-order valence-corrected chi connectivity index (χ4v) is 1.22. The third-order valence-corrected chi connectivity index (χ3v) is 2.19. The van der Waals surface area contributed by atoms with Gasteiger partial charge in [-0.15, -0.1) is 0 Å². The molecule has 0 bridgehead atoms. The summed E-state index contributed by atoms with van der Waals surface area (Å²) in [4.78, 5) is 21.9.